The van der Waals surface area contributed by atoms with Gasteiger partial charge in [-0.05, 0) is 24.3 Å². The van der Waals surface area contributed by atoms with Gasteiger partial charge >= 0.3 is 0 Å². The maximum atomic E-state index is 13.5. The van der Waals surface area contributed by atoms with Gasteiger partial charge < -0.3 is 5.73 Å². The van der Waals surface area contributed by atoms with Crippen molar-refractivity contribution in [2.24, 2.45) is 0 Å². The zero-order chi connectivity index (χ0) is 10.8. The summed E-state index contributed by atoms with van der Waals surface area (Å²) in [5.74, 6) is -0.401. The highest BCUT2D eigenvalue weighted by Crippen LogP contribution is 2.28. The Morgan fingerprint density at radius 2 is 2.00 bits per heavy atom. The van der Waals surface area contributed by atoms with Gasteiger partial charge in [0.25, 0.3) is 0 Å². The third-order valence-corrected chi connectivity index (χ3v) is 2.31. The summed E-state index contributed by atoms with van der Waals surface area (Å²) in [5, 5.41) is 0.360. The van der Waals surface area contributed by atoms with E-state index in [1.165, 1.54) is 12.3 Å². The van der Waals surface area contributed by atoms with Crippen LogP contribution in [-0.2, 0) is 0 Å². The maximum absolute atomic E-state index is 13.5. The highest BCUT2D eigenvalue weighted by Gasteiger charge is 2.08. The van der Waals surface area contributed by atoms with Gasteiger partial charge in [0, 0.05) is 34.2 Å². The van der Waals surface area contributed by atoms with Crippen LogP contribution in [0.2, 0.25) is 5.02 Å². The number of aromatic nitrogens is 1. The lowest BCUT2D eigenvalue weighted by Crippen LogP contribution is -1.92. The van der Waals surface area contributed by atoms with Crippen molar-refractivity contribution in [2.45, 2.75) is 0 Å². The van der Waals surface area contributed by atoms with Crippen LogP contribution >= 0.6 is 11.6 Å². The fraction of sp³-hybridized carbons (Fsp3) is 0. The number of benzene rings is 1. The van der Waals surface area contributed by atoms with Gasteiger partial charge in [-0.1, -0.05) is 11.6 Å². The lowest BCUT2D eigenvalue weighted by Gasteiger charge is -2.06. The average molecular weight is 223 g/mol. The number of nitrogens with zero attached hydrogens (tertiary/aromatic N) is 1. The molecule has 76 valence electrons. The fourth-order valence-corrected chi connectivity index (χ4v) is 1.50. The van der Waals surface area contributed by atoms with E-state index in [1.807, 2.05) is 0 Å². The van der Waals surface area contributed by atoms with Crippen molar-refractivity contribution in [3.63, 3.8) is 0 Å². The zero-order valence-electron chi connectivity index (χ0n) is 7.74. The Morgan fingerprint density at radius 1 is 1.20 bits per heavy atom. The quantitative estimate of drug-likeness (QED) is 0.805. The van der Waals surface area contributed by atoms with E-state index in [-0.39, 0.29) is 0 Å². The van der Waals surface area contributed by atoms with E-state index in [0.717, 1.165) is 0 Å². The molecule has 0 unspecified atom stereocenters. The number of halogens is 2. The van der Waals surface area contributed by atoms with Crippen LogP contribution in [-0.4, -0.2) is 4.98 Å². The smallest absolute Gasteiger partial charge is 0.132 e. The second-order valence-corrected chi connectivity index (χ2v) is 3.52. The topological polar surface area (TPSA) is 38.9 Å². The largest absolute Gasteiger partial charge is 0.398 e. The summed E-state index contributed by atoms with van der Waals surface area (Å²) in [7, 11) is 0. The van der Waals surface area contributed by atoms with Crippen LogP contribution in [0.1, 0.15) is 0 Å². The first-order valence-electron chi connectivity index (χ1n) is 4.33. The second kappa shape index (κ2) is 3.87. The van der Waals surface area contributed by atoms with Gasteiger partial charge in [0.15, 0.2) is 0 Å². The van der Waals surface area contributed by atoms with Crippen LogP contribution in [0.3, 0.4) is 0 Å². The number of nitrogens with two attached hydrogens (primary N) is 1. The summed E-state index contributed by atoms with van der Waals surface area (Å²) in [6.07, 6.45) is 3.09. The summed E-state index contributed by atoms with van der Waals surface area (Å²) in [5.41, 5.74) is 7.19. The molecule has 0 fully saturated rings. The third kappa shape index (κ3) is 1.92. The van der Waals surface area contributed by atoms with E-state index in [9.17, 15) is 4.39 Å². The van der Waals surface area contributed by atoms with Crippen LogP contribution in [0.4, 0.5) is 10.1 Å². The molecular weight excluding hydrogens is 215 g/mol. The molecule has 0 amide bonds. The molecule has 2 nitrogen and oxygen atoms in total. The number of anilines is 1. The normalized spacial score (nSPS) is 10.3. The molecule has 0 saturated heterocycles. The molecular formula is C11H8ClFN2. The minimum absolute atomic E-state index is 0.360. The highest BCUT2D eigenvalue weighted by atomic mass is 35.5. The first kappa shape index (κ1) is 9.93. The Hall–Kier alpha value is -1.61. The molecule has 1 heterocycles. The lowest BCUT2D eigenvalue weighted by atomic mass is 10.1. The standard InChI is InChI=1S/C11H8ClFN2/c12-7-1-2-8(10(13)5-7)9-6-15-4-3-11(9)14/h1-6H,(H2,14,15). The molecule has 1 aromatic carbocycles. The first-order valence-corrected chi connectivity index (χ1v) is 4.71. The Labute approximate surface area is 91.5 Å². The van der Waals surface area contributed by atoms with Gasteiger partial charge in [-0.25, -0.2) is 4.39 Å². The number of hydrogen-bond donors (Lipinski definition) is 1. The Kier molecular flexibility index (Phi) is 2.56. The molecule has 2 aromatic rings. The number of pyridine rings is 1. The van der Waals surface area contributed by atoms with Crippen molar-refractivity contribution in [1.82, 2.24) is 4.98 Å². The van der Waals surface area contributed by atoms with Crippen molar-refractivity contribution >= 4 is 17.3 Å². The van der Waals surface area contributed by atoms with Crippen LogP contribution in [0, 0.1) is 5.82 Å². The first-order chi connectivity index (χ1) is 7.18. The average Bonchev–Trinajstić information content (AvgIpc) is 2.20. The zero-order valence-corrected chi connectivity index (χ0v) is 8.50. The SMILES string of the molecule is Nc1ccncc1-c1ccc(Cl)cc1F. The monoisotopic (exact) mass is 222 g/mol. The van der Waals surface area contributed by atoms with Gasteiger partial charge in [0.2, 0.25) is 0 Å². The van der Waals surface area contributed by atoms with Crippen molar-refractivity contribution in [1.29, 1.82) is 0 Å². The van der Waals surface area contributed by atoms with Gasteiger partial charge in [0.05, 0.1) is 0 Å². The molecule has 0 spiro atoms. The minimum Gasteiger partial charge on any atom is -0.398 e. The van der Waals surface area contributed by atoms with E-state index in [1.54, 1.807) is 24.4 Å². The molecule has 0 bridgehead atoms. The Bertz CT molecular complexity index is 500. The van der Waals surface area contributed by atoms with Crippen molar-refractivity contribution in [3.05, 3.63) is 47.5 Å². The molecule has 0 aliphatic rings. The summed E-state index contributed by atoms with van der Waals surface area (Å²) >= 11 is 5.66. The second-order valence-electron chi connectivity index (χ2n) is 3.09. The summed E-state index contributed by atoms with van der Waals surface area (Å²) in [4.78, 5) is 3.91. The molecule has 0 atom stereocenters. The maximum Gasteiger partial charge on any atom is 0.132 e. The van der Waals surface area contributed by atoms with E-state index in [0.29, 0.717) is 21.8 Å². The van der Waals surface area contributed by atoms with Gasteiger partial charge in [-0.3, -0.25) is 4.98 Å². The Balaban J connectivity index is 2.60. The summed E-state index contributed by atoms with van der Waals surface area (Å²) in [6.45, 7) is 0. The molecule has 0 saturated carbocycles. The lowest BCUT2D eigenvalue weighted by molar-refractivity contribution is 0.631. The summed E-state index contributed by atoms with van der Waals surface area (Å²) in [6, 6.07) is 6.09. The van der Waals surface area contributed by atoms with Gasteiger partial charge in [-0.2, -0.15) is 0 Å². The highest BCUT2D eigenvalue weighted by molar-refractivity contribution is 6.30. The van der Waals surface area contributed by atoms with Gasteiger partial charge in [0.1, 0.15) is 5.82 Å². The van der Waals surface area contributed by atoms with E-state index < -0.39 is 5.82 Å². The third-order valence-electron chi connectivity index (χ3n) is 2.08. The predicted octanol–water partition coefficient (Wildman–Crippen LogP) is 3.12. The number of hydrogen-bond acceptors (Lipinski definition) is 2. The van der Waals surface area contributed by atoms with Gasteiger partial charge in [-0.15, -0.1) is 0 Å². The van der Waals surface area contributed by atoms with Crippen LogP contribution < -0.4 is 5.73 Å². The fourth-order valence-electron chi connectivity index (χ4n) is 1.34. The molecule has 4 heteroatoms. The predicted molar refractivity (Wildman–Crippen MR) is 59.1 cm³/mol. The van der Waals surface area contributed by atoms with E-state index >= 15 is 0 Å². The Morgan fingerprint density at radius 3 is 2.67 bits per heavy atom. The molecule has 2 rings (SSSR count). The molecule has 0 aliphatic carbocycles. The molecule has 15 heavy (non-hydrogen) atoms. The van der Waals surface area contributed by atoms with E-state index in [2.05, 4.69) is 4.98 Å². The van der Waals surface area contributed by atoms with Crippen molar-refractivity contribution < 1.29 is 4.39 Å². The molecule has 0 radical (unpaired) electrons. The summed E-state index contributed by atoms with van der Waals surface area (Å²) < 4.78 is 13.5. The minimum atomic E-state index is -0.401. The van der Waals surface area contributed by atoms with Crippen molar-refractivity contribution in [2.75, 3.05) is 5.73 Å². The van der Waals surface area contributed by atoms with Crippen molar-refractivity contribution in [3.8, 4) is 11.1 Å². The molecule has 0 aliphatic heterocycles. The number of rotatable bonds is 1. The van der Waals surface area contributed by atoms with E-state index in [4.69, 9.17) is 17.3 Å². The van der Waals surface area contributed by atoms with Crippen LogP contribution in [0.25, 0.3) is 11.1 Å². The molecule has 1 aromatic heterocycles. The number of nitrogen functional groups attached to an aromatic ring is 1. The van der Waals surface area contributed by atoms with Crippen LogP contribution in [0.5, 0.6) is 0 Å². The molecule has 2 N–H and O–H groups in total. The van der Waals surface area contributed by atoms with Crippen LogP contribution in [0.15, 0.2) is 36.7 Å².